The molecule has 8 heteroatoms. The van der Waals surface area contributed by atoms with Crippen molar-refractivity contribution >= 4 is 29.0 Å². The second-order valence-electron chi connectivity index (χ2n) is 7.17. The molecule has 8 nitrogen and oxygen atoms in total. The van der Waals surface area contributed by atoms with Crippen LogP contribution >= 0.6 is 0 Å². The van der Waals surface area contributed by atoms with Crippen LogP contribution in [0.15, 0.2) is 36.8 Å². The molecule has 2 aromatic rings. The van der Waals surface area contributed by atoms with Crippen LogP contribution in [0.2, 0.25) is 0 Å². The molecule has 0 radical (unpaired) electrons. The number of carbonyl (C=O) groups is 2. The second-order valence-corrected chi connectivity index (χ2v) is 7.17. The third-order valence-electron chi connectivity index (χ3n) is 4.85. The number of hydrogen-bond acceptors (Lipinski definition) is 6. The quantitative estimate of drug-likeness (QED) is 0.825. The van der Waals surface area contributed by atoms with Gasteiger partial charge in [-0.1, -0.05) is 0 Å². The molecule has 1 saturated carbocycles. The normalized spacial score (nSPS) is 19.2. The first-order valence-electron chi connectivity index (χ1n) is 9.49. The summed E-state index contributed by atoms with van der Waals surface area (Å²) < 4.78 is 5.60. The standard InChI is InChI=1S/C20H23N5O3/c1-13-12-25(8-9-28-13)17-5-6-21-11-16(17)23-20(27)15-4-7-22-18(10-15)24-19(26)14-2-3-14/h4-7,10-11,13-14H,2-3,8-9,12H2,1H3,(H,23,27)(H,22,24,26). The molecule has 4 rings (SSSR count). The summed E-state index contributed by atoms with van der Waals surface area (Å²) in [6.07, 6.45) is 6.83. The minimum absolute atomic E-state index is 0.0407. The fourth-order valence-electron chi connectivity index (χ4n) is 3.20. The Hall–Kier alpha value is -3.00. The molecular formula is C20H23N5O3. The van der Waals surface area contributed by atoms with Crippen molar-refractivity contribution in [2.75, 3.05) is 35.2 Å². The molecule has 1 unspecified atom stereocenters. The van der Waals surface area contributed by atoms with E-state index in [1.165, 1.54) is 6.20 Å². The molecule has 2 N–H and O–H groups in total. The summed E-state index contributed by atoms with van der Waals surface area (Å²) in [5.74, 6) is 0.145. The van der Waals surface area contributed by atoms with Gasteiger partial charge in [-0.05, 0) is 38.0 Å². The van der Waals surface area contributed by atoms with E-state index >= 15 is 0 Å². The zero-order valence-electron chi connectivity index (χ0n) is 15.7. The molecule has 2 aromatic heterocycles. The SMILES string of the molecule is CC1CN(c2ccncc2NC(=O)c2ccnc(NC(=O)C3CC3)c2)CCO1. The van der Waals surface area contributed by atoms with Gasteiger partial charge in [-0.3, -0.25) is 14.6 Å². The van der Waals surface area contributed by atoms with Gasteiger partial charge in [0.05, 0.1) is 30.3 Å². The molecule has 0 spiro atoms. The molecule has 1 aliphatic carbocycles. The van der Waals surface area contributed by atoms with Gasteiger partial charge in [-0.25, -0.2) is 4.98 Å². The first-order chi connectivity index (χ1) is 13.6. The molecule has 0 aromatic carbocycles. The molecule has 146 valence electrons. The van der Waals surface area contributed by atoms with Crippen molar-refractivity contribution < 1.29 is 14.3 Å². The smallest absolute Gasteiger partial charge is 0.255 e. The number of rotatable bonds is 5. The van der Waals surface area contributed by atoms with Crippen LogP contribution in [0.4, 0.5) is 17.2 Å². The summed E-state index contributed by atoms with van der Waals surface area (Å²) in [6, 6.07) is 5.10. The Labute approximate surface area is 163 Å². The number of hydrogen-bond donors (Lipinski definition) is 2. The van der Waals surface area contributed by atoms with Crippen LogP contribution in [0, 0.1) is 5.92 Å². The predicted octanol–water partition coefficient (Wildman–Crippen LogP) is 2.30. The van der Waals surface area contributed by atoms with Gasteiger partial charge in [-0.2, -0.15) is 0 Å². The lowest BCUT2D eigenvalue weighted by atomic mass is 10.2. The molecule has 2 amide bonds. The molecule has 2 fully saturated rings. The summed E-state index contributed by atoms with van der Waals surface area (Å²) in [5.41, 5.74) is 1.98. The molecule has 1 aliphatic heterocycles. The van der Waals surface area contributed by atoms with Crippen LogP contribution in [0.5, 0.6) is 0 Å². The van der Waals surface area contributed by atoms with E-state index in [4.69, 9.17) is 4.74 Å². The fourth-order valence-corrected chi connectivity index (χ4v) is 3.20. The maximum atomic E-state index is 12.8. The van der Waals surface area contributed by atoms with Crippen LogP contribution in [0.3, 0.4) is 0 Å². The van der Waals surface area contributed by atoms with Crippen molar-refractivity contribution in [3.05, 3.63) is 42.4 Å². The highest BCUT2D eigenvalue weighted by Gasteiger charge is 2.30. The molecular weight excluding hydrogens is 358 g/mol. The number of carbonyl (C=O) groups excluding carboxylic acids is 2. The molecule has 2 aliphatic rings. The number of nitrogens with zero attached hydrogens (tertiary/aromatic N) is 3. The first kappa shape index (κ1) is 18.4. The highest BCUT2D eigenvalue weighted by Crippen LogP contribution is 2.30. The molecule has 28 heavy (non-hydrogen) atoms. The van der Waals surface area contributed by atoms with Crippen molar-refractivity contribution in [2.45, 2.75) is 25.9 Å². The van der Waals surface area contributed by atoms with E-state index in [2.05, 4.69) is 25.5 Å². The maximum Gasteiger partial charge on any atom is 0.255 e. The first-order valence-corrected chi connectivity index (χ1v) is 9.49. The Kier molecular flexibility index (Phi) is 5.21. The monoisotopic (exact) mass is 381 g/mol. The van der Waals surface area contributed by atoms with Gasteiger partial charge in [0.1, 0.15) is 5.82 Å². The minimum atomic E-state index is -0.278. The Morgan fingerprint density at radius 1 is 1.21 bits per heavy atom. The Bertz CT molecular complexity index is 884. The van der Waals surface area contributed by atoms with Crippen LogP contribution in [-0.4, -0.2) is 47.6 Å². The maximum absolute atomic E-state index is 12.8. The van der Waals surface area contributed by atoms with Gasteiger partial charge >= 0.3 is 0 Å². The largest absolute Gasteiger partial charge is 0.375 e. The van der Waals surface area contributed by atoms with Gasteiger partial charge in [0.25, 0.3) is 5.91 Å². The van der Waals surface area contributed by atoms with Crippen molar-refractivity contribution in [1.29, 1.82) is 0 Å². The lowest BCUT2D eigenvalue weighted by Crippen LogP contribution is -2.41. The van der Waals surface area contributed by atoms with Gasteiger partial charge in [0, 0.05) is 37.0 Å². The zero-order valence-corrected chi connectivity index (χ0v) is 15.7. The van der Waals surface area contributed by atoms with E-state index in [0.717, 1.165) is 31.6 Å². The summed E-state index contributed by atoms with van der Waals surface area (Å²) in [6.45, 7) is 4.18. The molecule has 0 bridgehead atoms. The lowest BCUT2D eigenvalue weighted by molar-refractivity contribution is -0.117. The number of aromatic nitrogens is 2. The Morgan fingerprint density at radius 2 is 2.07 bits per heavy atom. The highest BCUT2D eigenvalue weighted by molar-refractivity contribution is 6.06. The van der Waals surface area contributed by atoms with E-state index in [9.17, 15) is 9.59 Å². The molecule has 3 heterocycles. The average molecular weight is 381 g/mol. The van der Waals surface area contributed by atoms with Gasteiger partial charge in [0.15, 0.2) is 0 Å². The third kappa shape index (κ3) is 4.28. The average Bonchev–Trinajstić information content (AvgIpc) is 3.54. The topological polar surface area (TPSA) is 96.5 Å². The van der Waals surface area contributed by atoms with Crippen molar-refractivity contribution in [3.8, 4) is 0 Å². The van der Waals surface area contributed by atoms with E-state index in [0.29, 0.717) is 23.7 Å². The minimum Gasteiger partial charge on any atom is -0.375 e. The number of pyridine rings is 2. The fraction of sp³-hybridized carbons (Fsp3) is 0.400. The summed E-state index contributed by atoms with van der Waals surface area (Å²) in [4.78, 5) is 35.2. The number of anilines is 3. The van der Waals surface area contributed by atoms with Crippen LogP contribution < -0.4 is 15.5 Å². The summed E-state index contributed by atoms with van der Waals surface area (Å²) in [7, 11) is 0. The number of amides is 2. The number of nitrogens with one attached hydrogen (secondary N) is 2. The van der Waals surface area contributed by atoms with Gasteiger partial charge in [-0.15, -0.1) is 0 Å². The second kappa shape index (κ2) is 7.93. The number of ether oxygens (including phenoxy) is 1. The van der Waals surface area contributed by atoms with E-state index in [1.54, 1.807) is 24.5 Å². The van der Waals surface area contributed by atoms with E-state index in [1.807, 2.05) is 13.0 Å². The van der Waals surface area contributed by atoms with Crippen LogP contribution in [0.1, 0.15) is 30.1 Å². The highest BCUT2D eigenvalue weighted by atomic mass is 16.5. The van der Waals surface area contributed by atoms with Crippen molar-refractivity contribution in [2.24, 2.45) is 5.92 Å². The summed E-state index contributed by atoms with van der Waals surface area (Å²) in [5, 5.41) is 5.70. The van der Waals surface area contributed by atoms with Crippen LogP contribution in [-0.2, 0) is 9.53 Å². The van der Waals surface area contributed by atoms with Crippen molar-refractivity contribution in [3.63, 3.8) is 0 Å². The summed E-state index contributed by atoms with van der Waals surface area (Å²) >= 11 is 0. The van der Waals surface area contributed by atoms with Crippen LogP contribution in [0.25, 0.3) is 0 Å². The molecule has 1 saturated heterocycles. The van der Waals surface area contributed by atoms with Gasteiger partial charge < -0.3 is 20.3 Å². The Morgan fingerprint density at radius 3 is 2.86 bits per heavy atom. The predicted molar refractivity (Wildman–Crippen MR) is 105 cm³/mol. The van der Waals surface area contributed by atoms with Crippen molar-refractivity contribution in [1.82, 2.24) is 9.97 Å². The van der Waals surface area contributed by atoms with Gasteiger partial charge in [0.2, 0.25) is 5.91 Å². The van der Waals surface area contributed by atoms with E-state index < -0.39 is 0 Å². The lowest BCUT2D eigenvalue weighted by Gasteiger charge is -2.33. The molecule has 1 atom stereocenters. The van der Waals surface area contributed by atoms with E-state index in [-0.39, 0.29) is 23.8 Å². The Balaban J connectivity index is 1.48. The number of morpholine rings is 1. The third-order valence-corrected chi connectivity index (χ3v) is 4.85. The zero-order chi connectivity index (χ0) is 19.5.